The van der Waals surface area contributed by atoms with Gasteiger partial charge in [-0.15, -0.1) is 0 Å². The summed E-state index contributed by atoms with van der Waals surface area (Å²) in [5.74, 6) is -0.0486. The molecule has 0 spiro atoms. The lowest BCUT2D eigenvalue weighted by atomic mass is 9.99. The molecule has 26 heavy (non-hydrogen) atoms. The Kier molecular flexibility index (Phi) is 3.28. The molecule has 0 bridgehead atoms. The Morgan fingerprint density at radius 3 is 2.46 bits per heavy atom. The predicted molar refractivity (Wildman–Crippen MR) is 105 cm³/mol. The molecule has 5 rings (SSSR count). The number of nitrogens with one attached hydrogen (secondary N) is 3. The molecule has 0 radical (unpaired) electrons. The van der Waals surface area contributed by atoms with E-state index in [-0.39, 0.29) is 5.91 Å². The first-order valence-corrected chi connectivity index (χ1v) is 8.62. The van der Waals surface area contributed by atoms with E-state index in [1.54, 1.807) is 0 Å². The van der Waals surface area contributed by atoms with E-state index in [1.807, 2.05) is 60.8 Å². The molecule has 3 aromatic carbocycles. The van der Waals surface area contributed by atoms with Gasteiger partial charge in [-0.2, -0.15) is 0 Å². The van der Waals surface area contributed by atoms with Crippen molar-refractivity contribution in [2.24, 2.45) is 0 Å². The van der Waals surface area contributed by atoms with Crippen LogP contribution in [0.15, 0.2) is 79.0 Å². The number of carbonyl (C=O) groups is 1. The van der Waals surface area contributed by atoms with Gasteiger partial charge in [0.15, 0.2) is 0 Å². The number of hydrogen-bond donors (Lipinski definition) is 3. The predicted octanol–water partition coefficient (Wildman–Crippen LogP) is 4.94. The Morgan fingerprint density at radius 1 is 0.769 bits per heavy atom. The fourth-order valence-electron chi connectivity index (χ4n) is 3.56. The molecular weight excluding hydrogens is 322 g/mol. The van der Waals surface area contributed by atoms with Crippen LogP contribution in [0.1, 0.15) is 11.6 Å². The maximum atomic E-state index is 12.8. The average Bonchev–Trinajstić information content (AvgIpc) is 3.12. The number of aromatic amines is 1. The van der Waals surface area contributed by atoms with E-state index >= 15 is 0 Å². The standard InChI is InChI=1S/C22H17N3O/c26-22-21(17-13-23-18-9-5-4-8-16(17)18)24-19-11-10-15(12-20(19)25-22)14-6-2-1-3-7-14/h1-13,21,23-24H,(H,25,26). The summed E-state index contributed by atoms with van der Waals surface area (Å²) < 4.78 is 0. The van der Waals surface area contributed by atoms with Crippen LogP contribution in [0.4, 0.5) is 11.4 Å². The van der Waals surface area contributed by atoms with Crippen LogP contribution in [0.25, 0.3) is 22.0 Å². The summed E-state index contributed by atoms with van der Waals surface area (Å²) >= 11 is 0. The number of para-hydroxylation sites is 1. The zero-order valence-corrected chi connectivity index (χ0v) is 14.0. The van der Waals surface area contributed by atoms with Crippen LogP contribution in [0.2, 0.25) is 0 Å². The quantitative estimate of drug-likeness (QED) is 0.484. The first-order chi connectivity index (χ1) is 12.8. The SMILES string of the molecule is O=C1Nc2cc(-c3ccccc3)ccc2NC1c1c[nH]c2ccccc12. The topological polar surface area (TPSA) is 56.9 Å². The van der Waals surface area contributed by atoms with Gasteiger partial charge in [0.2, 0.25) is 0 Å². The molecule has 3 N–H and O–H groups in total. The lowest BCUT2D eigenvalue weighted by Gasteiger charge is -2.27. The third kappa shape index (κ3) is 2.35. The van der Waals surface area contributed by atoms with E-state index in [9.17, 15) is 4.79 Å². The van der Waals surface area contributed by atoms with Crippen molar-refractivity contribution >= 4 is 28.2 Å². The van der Waals surface area contributed by atoms with Gasteiger partial charge in [0, 0.05) is 22.7 Å². The van der Waals surface area contributed by atoms with E-state index in [4.69, 9.17) is 0 Å². The highest BCUT2D eigenvalue weighted by Crippen LogP contribution is 2.37. The Hall–Kier alpha value is -3.53. The van der Waals surface area contributed by atoms with E-state index in [0.717, 1.165) is 39.0 Å². The molecule has 1 aliphatic heterocycles. The number of amides is 1. The van der Waals surface area contributed by atoms with Crippen molar-refractivity contribution in [2.75, 3.05) is 10.6 Å². The molecule has 1 aliphatic rings. The van der Waals surface area contributed by atoms with Crippen LogP contribution in [0.3, 0.4) is 0 Å². The molecule has 4 aromatic rings. The summed E-state index contributed by atoms with van der Waals surface area (Å²) in [6.07, 6.45) is 1.91. The van der Waals surface area contributed by atoms with Gasteiger partial charge >= 0.3 is 0 Å². The van der Waals surface area contributed by atoms with Crippen molar-refractivity contribution < 1.29 is 4.79 Å². The first-order valence-electron chi connectivity index (χ1n) is 8.62. The second-order valence-corrected chi connectivity index (χ2v) is 6.48. The van der Waals surface area contributed by atoms with Gasteiger partial charge in [0.25, 0.3) is 5.91 Å². The highest BCUT2D eigenvalue weighted by atomic mass is 16.2. The average molecular weight is 339 g/mol. The van der Waals surface area contributed by atoms with Crippen LogP contribution in [0.5, 0.6) is 0 Å². The number of fused-ring (bicyclic) bond motifs is 2. The number of carbonyl (C=O) groups excluding carboxylic acids is 1. The van der Waals surface area contributed by atoms with Gasteiger partial charge in [-0.1, -0.05) is 54.6 Å². The largest absolute Gasteiger partial charge is 0.368 e. The van der Waals surface area contributed by atoms with Crippen LogP contribution in [0, 0.1) is 0 Å². The van der Waals surface area contributed by atoms with Gasteiger partial charge in [-0.3, -0.25) is 4.79 Å². The van der Waals surface area contributed by atoms with Crippen molar-refractivity contribution in [3.05, 3.63) is 84.6 Å². The second kappa shape index (κ2) is 5.77. The monoisotopic (exact) mass is 339 g/mol. The third-order valence-electron chi connectivity index (χ3n) is 4.88. The first kappa shape index (κ1) is 14.8. The van der Waals surface area contributed by atoms with Gasteiger partial charge < -0.3 is 15.6 Å². The van der Waals surface area contributed by atoms with Crippen LogP contribution >= 0.6 is 0 Å². The van der Waals surface area contributed by atoms with Crippen molar-refractivity contribution in [1.82, 2.24) is 4.98 Å². The molecule has 1 unspecified atom stereocenters. The van der Waals surface area contributed by atoms with Crippen molar-refractivity contribution in [1.29, 1.82) is 0 Å². The van der Waals surface area contributed by atoms with Crippen molar-refractivity contribution in [3.8, 4) is 11.1 Å². The number of benzene rings is 3. The number of aromatic nitrogens is 1. The third-order valence-corrected chi connectivity index (χ3v) is 4.88. The summed E-state index contributed by atoms with van der Waals surface area (Å²) in [7, 11) is 0. The molecule has 0 saturated carbocycles. The highest BCUT2D eigenvalue weighted by molar-refractivity contribution is 6.06. The zero-order chi connectivity index (χ0) is 17.5. The van der Waals surface area contributed by atoms with Gasteiger partial charge in [0.1, 0.15) is 6.04 Å². The molecule has 126 valence electrons. The van der Waals surface area contributed by atoms with Crippen LogP contribution in [-0.2, 0) is 4.79 Å². The molecule has 1 aromatic heterocycles. The smallest absolute Gasteiger partial charge is 0.251 e. The number of H-pyrrole nitrogens is 1. The number of anilines is 2. The summed E-state index contributed by atoms with van der Waals surface area (Å²) in [5.41, 5.74) is 5.94. The summed E-state index contributed by atoms with van der Waals surface area (Å²) in [6.45, 7) is 0. The molecule has 2 heterocycles. The van der Waals surface area contributed by atoms with Gasteiger partial charge in [-0.05, 0) is 29.3 Å². The Bertz CT molecular complexity index is 1110. The van der Waals surface area contributed by atoms with E-state index < -0.39 is 6.04 Å². The fourth-order valence-corrected chi connectivity index (χ4v) is 3.56. The summed E-state index contributed by atoms with van der Waals surface area (Å²) in [6, 6.07) is 23.9. The molecule has 1 atom stereocenters. The molecule has 0 saturated heterocycles. The Morgan fingerprint density at radius 2 is 1.58 bits per heavy atom. The molecule has 4 nitrogen and oxygen atoms in total. The van der Waals surface area contributed by atoms with E-state index in [1.165, 1.54) is 0 Å². The minimum Gasteiger partial charge on any atom is -0.368 e. The Balaban J connectivity index is 1.52. The lowest BCUT2D eigenvalue weighted by molar-refractivity contribution is -0.117. The van der Waals surface area contributed by atoms with Crippen LogP contribution in [-0.4, -0.2) is 10.9 Å². The van der Waals surface area contributed by atoms with Crippen molar-refractivity contribution in [2.45, 2.75) is 6.04 Å². The van der Waals surface area contributed by atoms with Crippen LogP contribution < -0.4 is 10.6 Å². The Labute approximate surface area is 150 Å². The molecule has 1 amide bonds. The summed E-state index contributed by atoms with van der Waals surface area (Å²) in [4.78, 5) is 16.0. The van der Waals surface area contributed by atoms with Gasteiger partial charge in [-0.25, -0.2) is 0 Å². The minimum absolute atomic E-state index is 0.0486. The van der Waals surface area contributed by atoms with E-state index in [2.05, 4.69) is 33.8 Å². The normalized spacial score (nSPS) is 16.0. The van der Waals surface area contributed by atoms with Crippen molar-refractivity contribution in [3.63, 3.8) is 0 Å². The molecular formula is C22H17N3O. The zero-order valence-electron chi connectivity index (χ0n) is 14.0. The molecule has 0 aliphatic carbocycles. The molecule has 0 fully saturated rings. The number of hydrogen-bond acceptors (Lipinski definition) is 2. The minimum atomic E-state index is -0.416. The highest BCUT2D eigenvalue weighted by Gasteiger charge is 2.29. The maximum absolute atomic E-state index is 12.8. The van der Waals surface area contributed by atoms with E-state index in [0.29, 0.717) is 0 Å². The maximum Gasteiger partial charge on any atom is 0.251 e. The van der Waals surface area contributed by atoms with Gasteiger partial charge in [0.05, 0.1) is 11.4 Å². The second-order valence-electron chi connectivity index (χ2n) is 6.48. The summed E-state index contributed by atoms with van der Waals surface area (Å²) in [5, 5.41) is 7.51. The fraction of sp³-hybridized carbons (Fsp3) is 0.0455. The number of rotatable bonds is 2. The molecule has 4 heteroatoms. The lowest BCUT2D eigenvalue weighted by Crippen LogP contribution is -2.31.